The lowest BCUT2D eigenvalue weighted by molar-refractivity contribution is 0.148. The van der Waals surface area contributed by atoms with Crippen LogP contribution in [-0.2, 0) is 0 Å². The maximum Gasteiger partial charge on any atom is 0.124 e. The molecule has 1 unspecified atom stereocenters. The van der Waals surface area contributed by atoms with Gasteiger partial charge >= 0.3 is 0 Å². The van der Waals surface area contributed by atoms with Crippen molar-refractivity contribution in [2.75, 3.05) is 0 Å². The molecular weight excluding hydrogens is 247 g/mol. The molecule has 3 heteroatoms. The third-order valence-electron chi connectivity index (χ3n) is 3.86. The smallest absolute Gasteiger partial charge is 0.124 e. The molecule has 0 amide bonds. The molecule has 0 bridgehead atoms. The van der Waals surface area contributed by atoms with Crippen LogP contribution in [0.3, 0.4) is 0 Å². The van der Waals surface area contributed by atoms with Gasteiger partial charge in [-0.1, -0.05) is 31.7 Å². The first-order valence-electron chi connectivity index (χ1n) is 6.59. The van der Waals surface area contributed by atoms with Crippen molar-refractivity contribution >= 4 is 21.4 Å². The second-order valence-corrected chi connectivity index (χ2v) is 6.35. The minimum atomic E-state index is -0.381. The van der Waals surface area contributed by atoms with Crippen molar-refractivity contribution in [3.63, 3.8) is 0 Å². The predicted octanol–water partition coefficient (Wildman–Crippen LogP) is 4.65. The minimum absolute atomic E-state index is 0.207. The molecule has 1 aliphatic carbocycles. The summed E-state index contributed by atoms with van der Waals surface area (Å²) in [5.41, 5.74) is 0. The molecule has 1 N–H and O–H groups in total. The van der Waals surface area contributed by atoms with Crippen molar-refractivity contribution in [2.24, 2.45) is 5.92 Å². The van der Waals surface area contributed by atoms with Crippen molar-refractivity contribution in [3.8, 4) is 0 Å². The van der Waals surface area contributed by atoms with E-state index in [0.29, 0.717) is 5.92 Å². The molecule has 1 heterocycles. The van der Waals surface area contributed by atoms with E-state index in [1.807, 2.05) is 6.07 Å². The Bertz CT molecular complexity index is 542. The Morgan fingerprint density at radius 3 is 2.83 bits per heavy atom. The number of aliphatic hydroxyl groups excluding tert-OH is 1. The van der Waals surface area contributed by atoms with Gasteiger partial charge in [-0.25, -0.2) is 4.39 Å². The molecule has 1 aliphatic rings. The van der Waals surface area contributed by atoms with Crippen LogP contribution in [0.1, 0.15) is 43.1 Å². The largest absolute Gasteiger partial charge is 0.388 e. The van der Waals surface area contributed by atoms with Crippen LogP contribution >= 0.6 is 11.3 Å². The molecule has 0 radical (unpaired) electrons. The molecule has 1 nitrogen and oxygen atoms in total. The number of rotatable bonds is 3. The third kappa shape index (κ3) is 2.43. The van der Waals surface area contributed by atoms with Gasteiger partial charge in [-0.3, -0.25) is 0 Å². The highest BCUT2D eigenvalue weighted by Gasteiger charge is 2.21. The quantitative estimate of drug-likeness (QED) is 0.855. The van der Waals surface area contributed by atoms with Crippen LogP contribution in [0.15, 0.2) is 24.3 Å². The maximum absolute atomic E-state index is 13.1. The van der Waals surface area contributed by atoms with Crippen molar-refractivity contribution < 1.29 is 9.50 Å². The summed E-state index contributed by atoms with van der Waals surface area (Å²) in [5, 5.41) is 11.3. The summed E-state index contributed by atoms with van der Waals surface area (Å²) in [6, 6.07) is 6.81. The zero-order chi connectivity index (χ0) is 12.5. The average molecular weight is 264 g/mol. The summed E-state index contributed by atoms with van der Waals surface area (Å²) in [7, 11) is 0. The van der Waals surface area contributed by atoms with E-state index >= 15 is 0 Å². The fourth-order valence-corrected chi connectivity index (χ4v) is 3.96. The zero-order valence-corrected chi connectivity index (χ0v) is 11.0. The van der Waals surface area contributed by atoms with Crippen LogP contribution in [0.5, 0.6) is 0 Å². The fraction of sp³-hybridized carbons (Fsp3) is 0.467. The number of halogens is 1. The van der Waals surface area contributed by atoms with Crippen LogP contribution in [-0.4, -0.2) is 5.11 Å². The molecular formula is C15H17FOS. The van der Waals surface area contributed by atoms with Crippen LogP contribution in [0.25, 0.3) is 10.1 Å². The van der Waals surface area contributed by atoms with E-state index in [0.717, 1.165) is 21.4 Å². The van der Waals surface area contributed by atoms with Gasteiger partial charge in [0.1, 0.15) is 5.82 Å². The predicted molar refractivity (Wildman–Crippen MR) is 73.3 cm³/mol. The van der Waals surface area contributed by atoms with E-state index in [4.69, 9.17) is 0 Å². The van der Waals surface area contributed by atoms with Crippen LogP contribution < -0.4 is 0 Å². The van der Waals surface area contributed by atoms with E-state index in [1.54, 1.807) is 12.1 Å². The number of aliphatic hydroxyl groups is 1. The van der Waals surface area contributed by atoms with Crippen LogP contribution in [0.2, 0.25) is 0 Å². The summed E-state index contributed by atoms with van der Waals surface area (Å²) >= 11 is 1.51. The molecule has 1 aromatic carbocycles. The first-order valence-corrected chi connectivity index (χ1v) is 7.41. The highest BCUT2D eigenvalue weighted by molar-refractivity contribution is 7.19. The first-order chi connectivity index (χ1) is 8.72. The number of benzene rings is 1. The normalized spacial score (nSPS) is 18.6. The van der Waals surface area contributed by atoms with E-state index < -0.39 is 0 Å². The molecule has 1 fully saturated rings. The van der Waals surface area contributed by atoms with Gasteiger partial charge in [0.25, 0.3) is 0 Å². The second kappa shape index (κ2) is 4.98. The molecule has 1 aromatic heterocycles. The van der Waals surface area contributed by atoms with Gasteiger partial charge in [-0.2, -0.15) is 0 Å². The molecule has 0 saturated heterocycles. The van der Waals surface area contributed by atoms with Crippen molar-refractivity contribution in [1.29, 1.82) is 0 Å². The van der Waals surface area contributed by atoms with Gasteiger partial charge in [0.15, 0.2) is 0 Å². The summed E-state index contributed by atoms with van der Waals surface area (Å²) in [6.07, 6.45) is 5.57. The van der Waals surface area contributed by atoms with Crippen molar-refractivity contribution in [1.82, 2.24) is 0 Å². The van der Waals surface area contributed by atoms with E-state index in [2.05, 4.69) is 0 Å². The summed E-state index contributed by atoms with van der Waals surface area (Å²) < 4.78 is 14.0. The van der Waals surface area contributed by atoms with Crippen LogP contribution in [0.4, 0.5) is 4.39 Å². The second-order valence-electron chi connectivity index (χ2n) is 5.23. The molecule has 3 rings (SSSR count). The summed E-state index contributed by atoms with van der Waals surface area (Å²) in [4.78, 5) is 0.975. The molecule has 1 saturated carbocycles. The highest BCUT2D eigenvalue weighted by Crippen LogP contribution is 2.37. The Labute approximate surface area is 110 Å². The number of hydrogen-bond donors (Lipinski definition) is 1. The molecule has 0 aliphatic heterocycles. The monoisotopic (exact) mass is 264 g/mol. The molecule has 2 aromatic rings. The van der Waals surface area contributed by atoms with Gasteiger partial charge in [0.05, 0.1) is 6.10 Å². The van der Waals surface area contributed by atoms with E-state index in [-0.39, 0.29) is 11.9 Å². The average Bonchev–Trinajstić information content (AvgIpc) is 2.96. The van der Waals surface area contributed by atoms with Gasteiger partial charge < -0.3 is 5.11 Å². The Morgan fingerprint density at radius 2 is 2.06 bits per heavy atom. The lowest BCUT2D eigenvalue weighted by Gasteiger charge is -2.13. The van der Waals surface area contributed by atoms with E-state index in [9.17, 15) is 9.50 Å². The van der Waals surface area contributed by atoms with E-state index in [1.165, 1.54) is 43.1 Å². The number of hydrogen-bond acceptors (Lipinski definition) is 2. The standard InChI is InChI=1S/C15H17FOS/c16-12-6-5-11-8-15(18-14(11)9-12)13(17)7-10-3-1-2-4-10/h5-6,8-10,13,17H,1-4,7H2. The van der Waals surface area contributed by atoms with Gasteiger partial charge in [0.2, 0.25) is 0 Å². The van der Waals surface area contributed by atoms with Crippen molar-refractivity contribution in [2.45, 2.75) is 38.2 Å². The van der Waals surface area contributed by atoms with Gasteiger partial charge in [-0.15, -0.1) is 11.3 Å². The molecule has 96 valence electrons. The first kappa shape index (κ1) is 12.1. The Kier molecular flexibility index (Phi) is 3.35. The zero-order valence-electron chi connectivity index (χ0n) is 10.2. The maximum atomic E-state index is 13.1. The van der Waals surface area contributed by atoms with Gasteiger partial charge in [0, 0.05) is 9.58 Å². The molecule has 0 spiro atoms. The van der Waals surface area contributed by atoms with Crippen LogP contribution in [0, 0.1) is 11.7 Å². The highest BCUT2D eigenvalue weighted by atomic mass is 32.1. The van der Waals surface area contributed by atoms with Gasteiger partial charge in [-0.05, 0) is 35.9 Å². The fourth-order valence-electron chi connectivity index (χ4n) is 2.87. The van der Waals surface area contributed by atoms with Crippen molar-refractivity contribution in [3.05, 3.63) is 35.0 Å². The Hall–Kier alpha value is -0.930. The lowest BCUT2D eigenvalue weighted by atomic mass is 9.99. The SMILES string of the molecule is OC(CC1CCCC1)c1cc2ccc(F)cc2s1. The molecule has 1 atom stereocenters. The Morgan fingerprint density at radius 1 is 1.28 bits per heavy atom. The third-order valence-corrected chi connectivity index (χ3v) is 5.06. The summed E-state index contributed by atoms with van der Waals surface area (Å²) in [6.45, 7) is 0. The molecule has 18 heavy (non-hydrogen) atoms. The number of thiophene rings is 1. The number of fused-ring (bicyclic) bond motifs is 1. The Balaban J connectivity index is 1.80. The summed E-state index contributed by atoms with van der Waals surface area (Å²) in [5.74, 6) is 0.461. The minimum Gasteiger partial charge on any atom is -0.388 e. The lowest BCUT2D eigenvalue weighted by Crippen LogP contribution is -2.02. The topological polar surface area (TPSA) is 20.2 Å².